The lowest BCUT2D eigenvalue weighted by Gasteiger charge is -2.06. The molecule has 0 bridgehead atoms. The van der Waals surface area contributed by atoms with Crippen LogP contribution in [0.3, 0.4) is 0 Å². The molecule has 0 amide bonds. The number of rotatable bonds is 3. The van der Waals surface area contributed by atoms with Gasteiger partial charge in [-0.15, -0.1) is 0 Å². The van der Waals surface area contributed by atoms with Crippen LogP contribution in [0.2, 0.25) is 0 Å². The van der Waals surface area contributed by atoms with E-state index in [2.05, 4.69) is 17.2 Å². The van der Waals surface area contributed by atoms with Crippen molar-refractivity contribution in [3.05, 3.63) is 0 Å². The summed E-state index contributed by atoms with van der Waals surface area (Å²) >= 11 is 1.49. The van der Waals surface area contributed by atoms with Crippen molar-refractivity contribution < 1.29 is 0 Å². The molecule has 72 valence electrons. The molecule has 0 aliphatic heterocycles. The summed E-state index contributed by atoms with van der Waals surface area (Å²) in [5.41, 5.74) is 0. The SMILES string of the molecule is CSC(=NC(C)CC1CC1)NC#N. The first-order chi connectivity index (χ1) is 6.26. The van der Waals surface area contributed by atoms with Crippen molar-refractivity contribution in [2.45, 2.75) is 32.2 Å². The van der Waals surface area contributed by atoms with Gasteiger partial charge in [0.15, 0.2) is 11.4 Å². The van der Waals surface area contributed by atoms with E-state index in [9.17, 15) is 0 Å². The highest BCUT2D eigenvalue weighted by atomic mass is 32.2. The second kappa shape index (κ2) is 5.13. The molecule has 0 spiro atoms. The van der Waals surface area contributed by atoms with E-state index in [1.54, 1.807) is 0 Å². The predicted molar refractivity (Wildman–Crippen MR) is 56.5 cm³/mol. The van der Waals surface area contributed by atoms with Gasteiger partial charge in [-0.1, -0.05) is 24.6 Å². The van der Waals surface area contributed by atoms with E-state index < -0.39 is 0 Å². The van der Waals surface area contributed by atoms with Gasteiger partial charge in [0, 0.05) is 0 Å². The fourth-order valence-corrected chi connectivity index (χ4v) is 1.71. The molecule has 0 radical (unpaired) electrons. The van der Waals surface area contributed by atoms with Crippen LogP contribution >= 0.6 is 11.8 Å². The van der Waals surface area contributed by atoms with Crippen molar-refractivity contribution in [1.29, 1.82) is 5.26 Å². The molecule has 1 rings (SSSR count). The lowest BCUT2D eigenvalue weighted by atomic mass is 10.2. The lowest BCUT2D eigenvalue weighted by molar-refractivity contribution is 0.612. The van der Waals surface area contributed by atoms with E-state index >= 15 is 0 Å². The van der Waals surface area contributed by atoms with E-state index in [4.69, 9.17) is 5.26 Å². The summed E-state index contributed by atoms with van der Waals surface area (Å²) in [5.74, 6) is 0.893. The molecule has 1 aliphatic rings. The summed E-state index contributed by atoms with van der Waals surface area (Å²) in [4.78, 5) is 4.41. The Morgan fingerprint density at radius 3 is 2.92 bits per heavy atom. The molecule has 0 aromatic rings. The minimum Gasteiger partial charge on any atom is -0.272 e. The van der Waals surface area contributed by atoms with Gasteiger partial charge in [-0.2, -0.15) is 5.26 Å². The van der Waals surface area contributed by atoms with Crippen LogP contribution in [0, 0.1) is 17.4 Å². The first-order valence-corrected chi connectivity index (χ1v) is 5.75. The highest BCUT2D eigenvalue weighted by Gasteiger charge is 2.23. The maximum absolute atomic E-state index is 8.42. The zero-order valence-corrected chi connectivity index (χ0v) is 8.90. The number of aliphatic imine (C=N–C) groups is 1. The molecule has 0 heterocycles. The standard InChI is InChI=1S/C9H15N3S/c1-7(5-8-3-4-8)12-9(13-2)11-6-10/h7-8H,3-5H2,1-2H3,(H,11,12). The normalized spacial score (nSPS) is 19.3. The number of amidine groups is 1. The minimum atomic E-state index is 0.343. The average molecular weight is 197 g/mol. The van der Waals surface area contributed by atoms with Crippen LogP contribution in [0.4, 0.5) is 0 Å². The van der Waals surface area contributed by atoms with Crippen LogP contribution in [-0.4, -0.2) is 17.5 Å². The maximum atomic E-state index is 8.42. The summed E-state index contributed by atoms with van der Waals surface area (Å²) < 4.78 is 0. The van der Waals surface area contributed by atoms with Crippen molar-refractivity contribution in [2.75, 3.05) is 6.26 Å². The Kier molecular flexibility index (Phi) is 4.10. The highest BCUT2D eigenvalue weighted by molar-refractivity contribution is 8.13. The number of nitrogens with zero attached hydrogens (tertiary/aromatic N) is 2. The van der Waals surface area contributed by atoms with E-state index in [1.807, 2.05) is 12.4 Å². The molecule has 13 heavy (non-hydrogen) atoms. The Hall–Kier alpha value is -0.690. The van der Waals surface area contributed by atoms with Gasteiger partial charge in [-0.3, -0.25) is 10.3 Å². The zero-order valence-electron chi connectivity index (χ0n) is 8.08. The number of hydrogen-bond donors (Lipinski definition) is 1. The van der Waals surface area contributed by atoms with Crippen LogP contribution in [0.5, 0.6) is 0 Å². The van der Waals surface area contributed by atoms with Gasteiger partial charge in [0.2, 0.25) is 0 Å². The maximum Gasteiger partial charge on any atom is 0.183 e. The second-order valence-electron chi connectivity index (χ2n) is 3.40. The van der Waals surface area contributed by atoms with Gasteiger partial charge in [0.25, 0.3) is 0 Å². The molecule has 0 aromatic carbocycles. The minimum absolute atomic E-state index is 0.343. The molecule has 1 N–H and O–H groups in total. The third-order valence-corrected chi connectivity index (χ3v) is 2.66. The number of nitriles is 1. The van der Waals surface area contributed by atoms with Crippen molar-refractivity contribution >= 4 is 16.9 Å². The van der Waals surface area contributed by atoms with E-state index in [1.165, 1.54) is 24.6 Å². The molecule has 0 aromatic heterocycles. The van der Waals surface area contributed by atoms with Crippen LogP contribution in [-0.2, 0) is 0 Å². The second-order valence-corrected chi connectivity index (χ2v) is 4.20. The van der Waals surface area contributed by atoms with Gasteiger partial charge in [-0.05, 0) is 25.5 Å². The van der Waals surface area contributed by atoms with Gasteiger partial charge >= 0.3 is 0 Å². The fraction of sp³-hybridized carbons (Fsp3) is 0.778. The van der Waals surface area contributed by atoms with Crippen molar-refractivity contribution in [1.82, 2.24) is 5.32 Å². The summed E-state index contributed by atoms with van der Waals surface area (Å²) in [6.45, 7) is 2.10. The number of hydrogen-bond acceptors (Lipinski definition) is 3. The van der Waals surface area contributed by atoms with Gasteiger partial charge in [-0.25, -0.2) is 0 Å². The van der Waals surface area contributed by atoms with E-state index in [0.717, 1.165) is 17.5 Å². The molecular formula is C9H15N3S. The first-order valence-electron chi connectivity index (χ1n) is 4.53. The molecule has 1 saturated carbocycles. The monoisotopic (exact) mass is 197 g/mol. The summed E-state index contributed by atoms with van der Waals surface area (Å²) in [6, 6.07) is 0.343. The first kappa shape index (κ1) is 10.4. The van der Waals surface area contributed by atoms with Gasteiger partial charge in [0.05, 0.1) is 6.04 Å². The summed E-state index contributed by atoms with van der Waals surface area (Å²) in [7, 11) is 0. The molecule has 3 nitrogen and oxygen atoms in total. The Bertz CT molecular complexity index is 228. The largest absolute Gasteiger partial charge is 0.272 e. The third kappa shape index (κ3) is 4.18. The highest BCUT2D eigenvalue weighted by Crippen LogP contribution is 2.34. The molecule has 1 aliphatic carbocycles. The molecule has 1 atom stereocenters. The van der Waals surface area contributed by atoms with Gasteiger partial charge in [0.1, 0.15) is 0 Å². The smallest absolute Gasteiger partial charge is 0.183 e. The van der Waals surface area contributed by atoms with Crippen molar-refractivity contribution in [3.8, 4) is 6.19 Å². The molecule has 1 unspecified atom stereocenters. The van der Waals surface area contributed by atoms with Crippen LogP contribution in [0.15, 0.2) is 4.99 Å². The Balaban J connectivity index is 2.35. The lowest BCUT2D eigenvalue weighted by Crippen LogP contribution is -2.16. The van der Waals surface area contributed by atoms with Crippen LogP contribution < -0.4 is 5.32 Å². The zero-order chi connectivity index (χ0) is 9.68. The van der Waals surface area contributed by atoms with Gasteiger partial charge < -0.3 is 0 Å². The Morgan fingerprint density at radius 1 is 1.77 bits per heavy atom. The number of thioether (sulfide) groups is 1. The van der Waals surface area contributed by atoms with Crippen molar-refractivity contribution in [2.24, 2.45) is 10.9 Å². The third-order valence-electron chi connectivity index (χ3n) is 2.07. The Labute approximate surface area is 83.6 Å². The van der Waals surface area contributed by atoms with Crippen molar-refractivity contribution in [3.63, 3.8) is 0 Å². The average Bonchev–Trinajstić information content (AvgIpc) is 2.87. The summed E-state index contributed by atoms with van der Waals surface area (Å²) in [6.07, 6.45) is 7.70. The topological polar surface area (TPSA) is 48.2 Å². The molecule has 0 saturated heterocycles. The van der Waals surface area contributed by atoms with E-state index in [-0.39, 0.29) is 0 Å². The molecule has 4 heteroatoms. The quantitative estimate of drug-likeness (QED) is 0.326. The fourth-order valence-electron chi connectivity index (χ4n) is 1.27. The van der Waals surface area contributed by atoms with Crippen LogP contribution in [0.1, 0.15) is 26.2 Å². The molecular weight excluding hydrogens is 182 g/mol. The Morgan fingerprint density at radius 2 is 2.46 bits per heavy atom. The van der Waals surface area contributed by atoms with E-state index in [0.29, 0.717) is 6.04 Å². The summed E-state index contributed by atoms with van der Waals surface area (Å²) in [5, 5.41) is 11.7. The number of nitrogens with one attached hydrogen (secondary N) is 1. The predicted octanol–water partition coefficient (Wildman–Crippen LogP) is 1.96. The van der Waals surface area contributed by atoms with Crippen LogP contribution in [0.25, 0.3) is 0 Å². The molecule has 1 fully saturated rings.